The van der Waals surface area contributed by atoms with Gasteiger partial charge < -0.3 is 15.0 Å². The predicted molar refractivity (Wildman–Crippen MR) is 104 cm³/mol. The molecule has 2 N–H and O–H groups in total. The molecule has 0 atom stereocenters. The first kappa shape index (κ1) is 17.5. The molecule has 0 fully saturated rings. The van der Waals surface area contributed by atoms with E-state index in [1.54, 1.807) is 12.1 Å². The van der Waals surface area contributed by atoms with Gasteiger partial charge in [-0.25, -0.2) is 0 Å². The molecule has 0 aliphatic carbocycles. The van der Waals surface area contributed by atoms with Crippen molar-refractivity contribution in [2.24, 2.45) is 0 Å². The number of halogens is 1. The summed E-state index contributed by atoms with van der Waals surface area (Å²) in [5, 5.41) is 21.3. The largest absolute Gasteiger partial charge is 0.508 e. The van der Waals surface area contributed by atoms with Crippen molar-refractivity contribution in [2.45, 2.75) is 0 Å². The highest BCUT2D eigenvalue weighted by atomic mass is 79.9. The fraction of sp³-hybridized carbons (Fsp3) is 0. The van der Waals surface area contributed by atoms with Crippen molar-refractivity contribution < 1.29 is 9.90 Å². The van der Waals surface area contributed by atoms with E-state index in [0.717, 1.165) is 10.2 Å². The number of hydrogen-bond acceptors (Lipinski definition) is 3. The summed E-state index contributed by atoms with van der Waals surface area (Å²) in [7, 11) is 0. The lowest BCUT2D eigenvalue weighted by atomic mass is 10.2. The quantitative estimate of drug-likeness (QED) is 0.379. The number of nitriles is 1. The van der Waals surface area contributed by atoms with Crippen molar-refractivity contribution in [2.75, 3.05) is 5.32 Å². The maximum atomic E-state index is 12.4. The number of nitrogens with one attached hydrogen (secondary N) is 1. The summed E-state index contributed by atoms with van der Waals surface area (Å²) in [6, 6.07) is 19.4. The van der Waals surface area contributed by atoms with Gasteiger partial charge in [0, 0.05) is 27.7 Å². The second-order valence-corrected chi connectivity index (χ2v) is 6.37. The lowest BCUT2D eigenvalue weighted by Gasteiger charge is -2.08. The molecule has 0 saturated carbocycles. The van der Waals surface area contributed by atoms with Crippen LogP contribution in [-0.4, -0.2) is 15.6 Å². The monoisotopic (exact) mass is 407 g/mol. The zero-order valence-electron chi connectivity index (χ0n) is 13.6. The molecule has 0 aliphatic rings. The van der Waals surface area contributed by atoms with Crippen LogP contribution >= 0.6 is 15.9 Å². The Morgan fingerprint density at radius 1 is 1.15 bits per heavy atom. The van der Waals surface area contributed by atoms with E-state index >= 15 is 0 Å². The Morgan fingerprint density at radius 2 is 1.92 bits per heavy atom. The second-order valence-electron chi connectivity index (χ2n) is 5.45. The lowest BCUT2D eigenvalue weighted by Crippen LogP contribution is -2.13. The first-order chi connectivity index (χ1) is 12.6. The Labute approximate surface area is 159 Å². The molecule has 0 bridgehead atoms. The molecule has 0 unspecified atom stereocenters. The highest BCUT2D eigenvalue weighted by Crippen LogP contribution is 2.20. The van der Waals surface area contributed by atoms with Gasteiger partial charge in [0.05, 0.1) is 0 Å². The van der Waals surface area contributed by atoms with Gasteiger partial charge in [0.1, 0.15) is 17.4 Å². The van der Waals surface area contributed by atoms with E-state index in [9.17, 15) is 15.2 Å². The van der Waals surface area contributed by atoms with E-state index < -0.39 is 5.91 Å². The summed E-state index contributed by atoms with van der Waals surface area (Å²) in [4.78, 5) is 12.4. The maximum absolute atomic E-state index is 12.4. The smallest absolute Gasteiger partial charge is 0.266 e. The molecular formula is C20H14BrN3O2. The van der Waals surface area contributed by atoms with Crippen molar-refractivity contribution in [1.82, 2.24) is 4.57 Å². The SMILES string of the molecule is N#CC(=Cc1cccn1-c1cccc(Br)c1)C(=O)Nc1ccc(O)cc1. The Balaban J connectivity index is 1.88. The van der Waals surface area contributed by atoms with Crippen LogP contribution in [0.25, 0.3) is 11.8 Å². The summed E-state index contributed by atoms with van der Waals surface area (Å²) < 4.78 is 2.82. The minimum Gasteiger partial charge on any atom is -0.508 e. The van der Waals surface area contributed by atoms with E-state index in [2.05, 4.69) is 21.2 Å². The number of phenols is 1. The van der Waals surface area contributed by atoms with Crippen LogP contribution in [0.2, 0.25) is 0 Å². The molecule has 1 heterocycles. The molecule has 1 amide bonds. The number of aromatic nitrogens is 1. The Hall–Kier alpha value is -3.30. The average molecular weight is 408 g/mol. The predicted octanol–water partition coefficient (Wildman–Crippen LogP) is 4.49. The molecule has 0 spiro atoms. The third-order valence-electron chi connectivity index (χ3n) is 3.65. The minimum absolute atomic E-state index is 0.0204. The molecular weight excluding hydrogens is 394 g/mol. The van der Waals surface area contributed by atoms with Crippen molar-refractivity contribution in [3.63, 3.8) is 0 Å². The summed E-state index contributed by atoms with van der Waals surface area (Å²) in [6.07, 6.45) is 3.40. The second kappa shape index (κ2) is 7.72. The molecule has 3 aromatic rings. The Bertz CT molecular complexity index is 1010. The fourth-order valence-electron chi connectivity index (χ4n) is 2.41. The molecule has 0 saturated heterocycles. The number of carbonyl (C=O) groups excluding carboxylic acids is 1. The van der Waals surface area contributed by atoms with Crippen molar-refractivity contribution in [3.05, 3.63) is 82.6 Å². The van der Waals surface area contributed by atoms with E-state index in [1.165, 1.54) is 18.2 Å². The lowest BCUT2D eigenvalue weighted by molar-refractivity contribution is -0.112. The van der Waals surface area contributed by atoms with Gasteiger partial charge in [0.2, 0.25) is 0 Å². The zero-order valence-corrected chi connectivity index (χ0v) is 15.1. The standard InChI is InChI=1S/C20H14BrN3O2/c21-15-3-1-4-18(12-15)24-10-2-5-17(24)11-14(13-22)20(26)23-16-6-8-19(25)9-7-16/h1-12,25H,(H,23,26). The number of aromatic hydroxyl groups is 1. The molecule has 0 aliphatic heterocycles. The van der Waals surface area contributed by atoms with Gasteiger partial charge in [-0.2, -0.15) is 5.26 Å². The molecule has 6 heteroatoms. The molecule has 128 valence electrons. The fourth-order valence-corrected chi connectivity index (χ4v) is 2.80. The first-order valence-corrected chi connectivity index (χ1v) is 8.51. The Kier molecular flexibility index (Phi) is 5.20. The van der Waals surface area contributed by atoms with Gasteiger partial charge in [-0.05, 0) is 60.7 Å². The summed E-state index contributed by atoms with van der Waals surface area (Å²) in [6.45, 7) is 0. The van der Waals surface area contributed by atoms with Crippen LogP contribution < -0.4 is 5.32 Å². The number of carbonyl (C=O) groups is 1. The summed E-state index contributed by atoms with van der Waals surface area (Å²) in [5.41, 5.74) is 2.09. The molecule has 0 radical (unpaired) electrons. The molecule has 26 heavy (non-hydrogen) atoms. The van der Waals surface area contributed by atoms with Gasteiger partial charge >= 0.3 is 0 Å². The van der Waals surface area contributed by atoms with Gasteiger partial charge in [0.25, 0.3) is 5.91 Å². The van der Waals surface area contributed by atoms with Crippen LogP contribution in [0.4, 0.5) is 5.69 Å². The van der Waals surface area contributed by atoms with Gasteiger partial charge in [-0.3, -0.25) is 4.79 Å². The minimum atomic E-state index is -0.514. The van der Waals surface area contributed by atoms with E-state index in [4.69, 9.17) is 0 Å². The first-order valence-electron chi connectivity index (χ1n) is 7.72. The Morgan fingerprint density at radius 3 is 2.62 bits per heavy atom. The summed E-state index contributed by atoms with van der Waals surface area (Å²) in [5.74, 6) is -0.411. The number of rotatable bonds is 4. The molecule has 1 aromatic heterocycles. The number of benzene rings is 2. The van der Waals surface area contributed by atoms with Gasteiger partial charge in [-0.15, -0.1) is 0 Å². The van der Waals surface area contributed by atoms with E-state index in [1.807, 2.05) is 53.2 Å². The van der Waals surface area contributed by atoms with Crippen LogP contribution in [0, 0.1) is 11.3 Å². The average Bonchev–Trinajstić information content (AvgIpc) is 3.09. The topological polar surface area (TPSA) is 78.0 Å². The van der Waals surface area contributed by atoms with Gasteiger partial charge in [0.15, 0.2) is 0 Å². The molecule has 2 aromatic carbocycles. The maximum Gasteiger partial charge on any atom is 0.266 e. The van der Waals surface area contributed by atoms with E-state index in [-0.39, 0.29) is 11.3 Å². The van der Waals surface area contributed by atoms with Crippen molar-refractivity contribution >= 4 is 33.6 Å². The highest BCUT2D eigenvalue weighted by Gasteiger charge is 2.11. The van der Waals surface area contributed by atoms with E-state index in [0.29, 0.717) is 11.4 Å². The zero-order chi connectivity index (χ0) is 18.5. The third-order valence-corrected chi connectivity index (χ3v) is 4.14. The third kappa shape index (κ3) is 4.02. The van der Waals surface area contributed by atoms with Crippen LogP contribution in [-0.2, 0) is 4.79 Å². The summed E-state index contributed by atoms with van der Waals surface area (Å²) >= 11 is 3.44. The normalized spacial score (nSPS) is 11.0. The molecule has 5 nitrogen and oxygen atoms in total. The number of anilines is 1. The van der Waals surface area contributed by atoms with Crippen LogP contribution in [0.3, 0.4) is 0 Å². The molecule has 3 rings (SSSR count). The van der Waals surface area contributed by atoms with Gasteiger partial charge in [-0.1, -0.05) is 22.0 Å². The highest BCUT2D eigenvalue weighted by molar-refractivity contribution is 9.10. The van der Waals surface area contributed by atoms with Crippen molar-refractivity contribution in [1.29, 1.82) is 5.26 Å². The van der Waals surface area contributed by atoms with Crippen LogP contribution in [0.5, 0.6) is 5.75 Å². The van der Waals surface area contributed by atoms with Crippen LogP contribution in [0.1, 0.15) is 5.69 Å². The van der Waals surface area contributed by atoms with Crippen LogP contribution in [0.15, 0.2) is 76.9 Å². The number of hydrogen-bond donors (Lipinski definition) is 2. The number of nitrogens with zero attached hydrogens (tertiary/aromatic N) is 2. The number of amides is 1. The van der Waals surface area contributed by atoms with Crippen molar-refractivity contribution in [3.8, 4) is 17.5 Å². The number of phenolic OH excluding ortho intramolecular Hbond substituents is 1.